The summed E-state index contributed by atoms with van der Waals surface area (Å²) in [5.74, 6) is 0.324. The second-order valence-corrected chi connectivity index (χ2v) is 5.93. The Morgan fingerprint density at radius 3 is 2.87 bits per heavy atom. The number of likely N-dealkylation sites (tertiary alicyclic amines) is 1. The molecule has 3 aromatic heterocycles. The van der Waals surface area contributed by atoms with Crippen LogP contribution in [0.3, 0.4) is 0 Å². The van der Waals surface area contributed by atoms with Crippen LogP contribution in [0.5, 0.6) is 0 Å². The van der Waals surface area contributed by atoms with E-state index in [4.69, 9.17) is 0 Å². The Kier molecular flexibility index (Phi) is 3.33. The first-order valence-electron chi connectivity index (χ1n) is 7.74. The molecule has 1 N–H and O–H groups in total. The van der Waals surface area contributed by atoms with Gasteiger partial charge < -0.3 is 9.88 Å². The molecule has 3 aromatic rings. The zero-order chi connectivity index (χ0) is 15.8. The number of H-pyrrole nitrogens is 1. The largest absolute Gasteiger partial charge is 0.357 e. The molecule has 4 rings (SSSR count). The van der Waals surface area contributed by atoms with E-state index < -0.39 is 0 Å². The third-order valence-electron chi connectivity index (χ3n) is 4.49. The third-order valence-corrected chi connectivity index (χ3v) is 4.49. The second-order valence-electron chi connectivity index (χ2n) is 5.93. The summed E-state index contributed by atoms with van der Waals surface area (Å²) in [6.45, 7) is 3.14. The SMILES string of the molecule is Cc1nonc1C(=O)N1CCC(c2cc3ncccc3[nH]2)CC1. The lowest BCUT2D eigenvalue weighted by Crippen LogP contribution is -2.38. The summed E-state index contributed by atoms with van der Waals surface area (Å²) in [6, 6.07) is 6.08. The molecule has 0 atom stereocenters. The number of aryl methyl sites for hydroxylation is 1. The van der Waals surface area contributed by atoms with Gasteiger partial charge in [0.05, 0.1) is 11.0 Å². The molecule has 1 aliphatic heterocycles. The molecule has 0 bridgehead atoms. The molecule has 7 nitrogen and oxygen atoms in total. The number of nitrogens with one attached hydrogen (secondary N) is 1. The number of pyridine rings is 1. The first-order valence-corrected chi connectivity index (χ1v) is 7.74. The van der Waals surface area contributed by atoms with Crippen molar-refractivity contribution in [2.45, 2.75) is 25.7 Å². The minimum atomic E-state index is -0.0967. The van der Waals surface area contributed by atoms with Crippen LogP contribution < -0.4 is 0 Å². The van der Waals surface area contributed by atoms with Crippen LogP contribution in [-0.2, 0) is 0 Å². The fraction of sp³-hybridized carbons (Fsp3) is 0.375. The normalized spacial score (nSPS) is 16.1. The number of hydrogen-bond donors (Lipinski definition) is 1. The lowest BCUT2D eigenvalue weighted by Gasteiger charge is -2.31. The zero-order valence-electron chi connectivity index (χ0n) is 12.8. The van der Waals surface area contributed by atoms with Gasteiger partial charge in [0, 0.05) is 30.9 Å². The summed E-state index contributed by atoms with van der Waals surface area (Å²) in [5, 5.41) is 7.38. The average Bonchev–Trinajstić information content (AvgIpc) is 3.20. The Morgan fingerprint density at radius 2 is 2.17 bits per heavy atom. The van der Waals surface area contributed by atoms with Crippen molar-refractivity contribution in [2.24, 2.45) is 0 Å². The van der Waals surface area contributed by atoms with Crippen LogP contribution in [0.1, 0.15) is 40.6 Å². The van der Waals surface area contributed by atoms with Gasteiger partial charge in [0.1, 0.15) is 5.69 Å². The lowest BCUT2D eigenvalue weighted by molar-refractivity contribution is 0.0700. The molecule has 1 amide bonds. The monoisotopic (exact) mass is 311 g/mol. The van der Waals surface area contributed by atoms with Crippen molar-refractivity contribution in [2.75, 3.05) is 13.1 Å². The Morgan fingerprint density at radius 1 is 1.35 bits per heavy atom. The van der Waals surface area contributed by atoms with Gasteiger partial charge in [0.15, 0.2) is 5.69 Å². The van der Waals surface area contributed by atoms with Crippen LogP contribution in [0.2, 0.25) is 0 Å². The highest BCUT2D eigenvalue weighted by Crippen LogP contribution is 2.29. The molecule has 0 spiro atoms. The Bertz CT molecular complexity index is 812. The molecule has 1 saturated heterocycles. The van der Waals surface area contributed by atoms with Gasteiger partial charge in [-0.3, -0.25) is 9.78 Å². The van der Waals surface area contributed by atoms with Gasteiger partial charge in [-0.25, -0.2) is 4.63 Å². The molecule has 7 heteroatoms. The second kappa shape index (κ2) is 5.49. The van der Waals surface area contributed by atoms with Crippen LogP contribution in [-0.4, -0.2) is 44.2 Å². The number of amides is 1. The van der Waals surface area contributed by atoms with E-state index in [0.717, 1.165) is 23.9 Å². The van der Waals surface area contributed by atoms with E-state index in [1.165, 1.54) is 5.69 Å². The van der Waals surface area contributed by atoms with Crippen molar-refractivity contribution in [3.8, 4) is 0 Å². The van der Waals surface area contributed by atoms with E-state index >= 15 is 0 Å². The first kappa shape index (κ1) is 13.9. The number of rotatable bonds is 2. The van der Waals surface area contributed by atoms with E-state index in [1.807, 2.05) is 17.0 Å². The maximum atomic E-state index is 12.4. The highest BCUT2D eigenvalue weighted by Gasteiger charge is 2.28. The molecular weight excluding hydrogens is 294 g/mol. The smallest absolute Gasteiger partial charge is 0.278 e. The van der Waals surface area contributed by atoms with Crippen molar-refractivity contribution in [3.05, 3.63) is 41.5 Å². The van der Waals surface area contributed by atoms with E-state index in [-0.39, 0.29) is 5.91 Å². The van der Waals surface area contributed by atoms with Crippen molar-refractivity contribution in [3.63, 3.8) is 0 Å². The molecular formula is C16H17N5O2. The van der Waals surface area contributed by atoms with Gasteiger partial charge >= 0.3 is 0 Å². The van der Waals surface area contributed by atoms with Gasteiger partial charge in [-0.05, 0) is 43.1 Å². The molecule has 0 aromatic carbocycles. The van der Waals surface area contributed by atoms with Gasteiger partial charge in [-0.2, -0.15) is 0 Å². The Balaban J connectivity index is 1.46. The quantitative estimate of drug-likeness (QED) is 0.784. The van der Waals surface area contributed by atoms with E-state index in [1.54, 1.807) is 13.1 Å². The standard InChI is InChI=1S/C16H17N5O2/c1-10-15(20-23-19-10)16(22)21-7-4-11(5-8-21)13-9-14-12(18-13)3-2-6-17-14/h2-3,6,9,11,18H,4-5,7-8H2,1H3. The van der Waals surface area contributed by atoms with Gasteiger partial charge in [0.25, 0.3) is 5.91 Å². The highest BCUT2D eigenvalue weighted by atomic mass is 16.6. The topological polar surface area (TPSA) is 87.9 Å². The fourth-order valence-corrected chi connectivity index (χ4v) is 3.17. The minimum absolute atomic E-state index is 0.0967. The van der Waals surface area contributed by atoms with Gasteiger partial charge in [0.2, 0.25) is 0 Å². The van der Waals surface area contributed by atoms with Crippen molar-refractivity contribution >= 4 is 16.9 Å². The Hall–Kier alpha value is -2.70. The number of carbonyl (C=O) groups excluding carboxylic acids is 1. The van der Waals surface area contributed by atoms with Crippen LogP contribution in [0, 0.1) is 6.92 Å². The lowest BCUT2D eigenvalue weighted by atomic mass is 9.93. The average molecular weight is 311 g/mol. The van der Waals surface area contributed by atoms with E-state index in [9.17, 15) is 4.79 Å². The highest BCUT2D eigenvalue weighted by molar-refractivity contribution is 5.93. The van der Waals surface area contributed by atoms with E-state index in [0.29, 0.717) is 30.4 Å². The number of piperidine rings is 1. The van der Waals surface area contributed by atoms with Crippen molar-refractivity contribution in [1.29, 1.82) is 0 Å². The number of aromatic nitrogens is 4. The number of hydrogen-bond acceptors (Lipinski definition) is 5. The van der Waals surface area contributed by atoms with Crippen molar-refractivity contribution < 1.29 is 9.42 Å². The summed E-state index contributed by atoms with van der Waals surface area (Å²) < 4.78 is 4.62. The molecule has 1 aliphatic rings. The predicted molar refractivity (Wildman–Crippen MR) is 83.0 cm³/mol. The maximum Gasteiger partial charge on any atom is 0.278 e. The molecule has 0 saturated carbocycles. The Labute approximate surface area is 132 Å². The molecule has 4 heterocycles. The van der Waals surface area contributed by atoms with Gasteiger partial charge in [-0.1, -0.05) is 5.16 Å². The number of nitrogens with zero attached hydrogens (tertiary/aromatic N) is 4. The van der Waals surface area contributed by atoms with Crippen LogP contribution in [0.15, 0.2) is 29.0 Å². The molecule has 23 heavy (non-hydrogen) atoms. The summed E-state index contributed by atoms with van der Waals surface area (Å²) >= 11 is 0. The van der Waals surface area contributed by atoms with Crippen LogP contribution in [0.4, 0.5) is 0 Å². The number of carbonyl (C=O) groups is 1. The summed E-state index contributed by atoms with van der Waals surface area (Å²) in [6.07, 6.45) is 3.64. The maximum absolute atomic E-state index is 12.4. The van der Waals surface area contributed by atoms with Crippen LogP contribution >= 0.6 is 0 Å². The molecule has 1 fully saturated rings. The third kappa shape index (κ3) is 2.48. The summed E-state index contributed by atoms with van der Waals surface area (Å²) in [7, 11) is 0. The van der Waals surface area contributed by atoms with Crippen molar-refractivity contribution in [1.82, 2.24) is 25.2 Å². The fourth-order valence-electron chi connectivity index (χ4n) is 3.17. The predicted octanol–water partition coefficient (Wildman–Crippen LogP) is 2.27. The molecule has 0 radical (unpaired) electrons. The van der Waals surface area contributed by atoms with E-state index in [2.05, 4.69) is 31.0 Å². The molecule has 0 unspecified atom stereocenters. The minimum Gasteiger partial charge on any atom is -0.357 e. The summed E-state index contributed by atoms with van der Waals surface area (Å²) in [5.41, 5.74) is 4.11. The number of fused-ring (bicyclic) bond motifs is 1. The first-order chi connectivity index (χ1) is 11.2. The van der Waals surface area contributed by atoms with Gasteiger partial charge in [-0.15, -0.1) is 0 Å². The molecule has 0 aliphatic carbocycles. The summed E-state index contributed by atoms with van der Waals surface area (Å²) in [4.78, 5) is 22.0. The number of aromatic amines is 1. The zero-order valence-corrected chi connectivity index (χ0v) is 12.8. The van der Waals surface area contributed by atoms with Crippen LogP contribution in [0.25, 0.3) is 11.0 Å². The molecule has 118 valence electrons.